The molecular formula is C7H13BrOS. The van der Waals surface area contributed by atoms with E-state index in [4.69, 9.17) is 0 Å². The normalized spacial score (nSPS) is 18.5. The van der Waals surface area contributed by atoms with Crippen LogP contribution in [0.2, 0.25) is 0 Å². The molecule has 0 aromatic rings. The first-order chi connectivity index (χ1) is 4.29. The lowest BCUT2D eigenvalue weighted by Crippen LogP contribution is -3.00. The Bertz CT molecular complexity index is 110. The predicted octanol–water partition coefficient (Wildman–Crippen LogP) is -2.01. The maximum absolute atomic E-state index is 10.6. The van der Waals surface area contributed by atoms with Crippen molar-refractivity contribution in [3.8, 4) is 0 Å². The first-order valence-electron chi connectivity index (χ1n) is 3.42. The van der Waals surface area contributed by atoms with Crippen LogP contribution in [0.15, 0.2) is 0 Å². The smallest absolute Gasteiger partial charge is 0.178 e. The second-order valence-electron chi connectivity index (χ2n) is 2.57. The molecule has 0 radical (unpaired) electrons. The van der Waals surface area contributed by atoms with Crippen molar-refractivity contribution in [1.82, 2.24) is 0 Å². The van der Waals surface area contributed by atoms with Gasteiger partial charge in [-0.25, -0.2) is 0 Å². The Balaban J connectivity index is 0.000000810. The summed E-state index contributed by atoms with van der Waals surface area (Å²) < 4.78 is 0. The molecule has 0 saturated carbocycles. The number of halogens is 1. The van der Waals surface area contributed by atoms with Crippen molar-refractivity contribution < 1.29 is 21.8 Å². The molecule has 0 unspecified atom stereocenters. The SMILES string of the molecule is CC(=O)C[S+]1CCCC1.[Br-]. The summed E-state index contributed by atoms with van der Waals surface area (Å²) in [6.45, 7) is 1.70. The van der Waals surface area contributed by atoms with Gasteiger partial charge in [-0.1, -0.05) is 0 Å². The summed E-state index contributed by atoms with van der Waals surface area (Å²) in [7, 11) is 0.493. The number of hydrogen-bond donors (Lipinski definition) is 0. The maximum Gasteiger partial charge on any atom is 0.178 e. The van der Waals surface area contributed by atoms with Crippen LogP contribution >= 0.6 is 0 Å². The van der Waals surface area contributed by atoms with Gasteiger partial charge in [-0.05, 0) is 30.7 Å². The Labute approximate surface area is 75.7 Å². The Morgan fingerprint density at radius 1 is 1.40 bits per heavy atom. The third-order valence-electron chi connectivity index (χ3n) is 1.52. The molecule has 0 aromatic heterocycles. The van der Waals surface area contributed by atoms with Crippen molar-refractivity contribution in [3.05, 3.63) is 0 Å². The average Bonchev–Trinajstić information content (AvgIpc) is 2.15. The molecule has 1 heterocycles. The number of rotatable bonds is 2. The van der Waals surface area contributed by atoms with Crippen LogP contribution in [0.5, 0.6) is 0 Å². The molecule has 0 atom stereocenters. The third kappa shape index (κ3) is 3.62. The van der Waals surface area contributed by atoms with E-state index in [0.29, 0.717) is 16.7 Å². The molecule has 0 spiro atoms. The molecule has 60 valence electrons. The van der Waals surface area contributed by atoms with Crippen LogP contribution in [0.1, 0.15) is 19.8 Å². The predicted molar refractivity (Wildman–Crippen MR) is 41.9 cm³/mol. The first kappa shape index (κ1) is 10.5. The van der Waals surface area contributed by atoms with E-state index in [1.165, 1.54) is 24.3 Å². The van der Waals surface area contributed by atoms with Gasteiger partial charge in [0.1, 0.15) is 11.5 Å². The number of Topliss-reactive ketones (excluding diaryl/α,β-unsaturated/α-hetero) is 1. The lowest BCUT2D eigenvalue weighted by molar-refractivity contribution is -0.114. The summed E-state index contributed by atoms with van der Waals surface area (Å²) in [4.78, 5) is 10.6. The number of carbonyl (C=O) groups excluding carboxylic acids is 1. The van der Waals surface area contributed by atoms with Crippen LogP contribution in [0.25, 0.3) is 0 Å². The highest BCUT2D eigenvalue weighted by Crippen LogP contribution is 2.12. The zero-order valence-corrected chi connectivity index (χ0v) is 8.63. The van der Waals surface area contributed by atoms with E-state index >= 15 is 0 Å². The molecule has 0 aliphatic carbocycles. The largest absolute Gasteiger partial charge is 1.00 e. The number of hydrogen-bond acceptors (Lipinski definition) is 1. The number of ketones is 1. The average molecular weight is 225 g/mol. The van der Waals surface area contributed by atoms with Crippen molar-refractivity contribution >= 4 is 16.7 Å². The van der Waals surface area contributed by atoms with Gasteiger partial charge < -0.3 is 17.0 Å². The van der Waals surface area contributed by atoms with Gasteiger partial charge in [0, 0.05) is 0 Å². The van der Waals surface area contributed by atoms with E-state index in [1.54, 1.807) is 6.92 Å². The maximum atomic E-state index is 10.6. The topological polar surface area (TPSA) is 17.1 Å². The summed E-state index contributed by atoms with van der Waals surface area (Å²) >= 11 is 0. The second kappa shape index (κ2) is 5.19. The molecule has 1 fully saturated rings. The van der Waals surface area contributed by atoms with Gasteiger partial charge >= 0.3 is 0 Å². The molecule has 0 bridgehead atoms. The fourth-order valence-corrected chi connectivity index (χ4v) is 3.44. The van der Waals surface area contributed by atoms with Crippen LogP contribution in [-0.2, 0) is 15.7 Å². The second-order valence-corrected chi connectivity index (χ2v) is 4.90. The third-order valence-corrected chi connectivity index (χ3v) is 4.07. The van der Waals surface area contributed by atoms with Gasteiger partial charge in [0.15, 0.2) is 11.5 Å². The molecule has 1 aliphatic heterocycles. The fraction of sp³-hybridized carbons (Fsp3) is 0.857. The van der Waals surface area contributed by atoms with Gasteiger partial charge in [0.2, 0.25) is 0 Å². The highest BCUT2D eigenvalue weighted by molar-refractivity contribution is 7.97. The molecule has 0 amide bonds. The minimum absolute atomic E-state index is 0. The quantitative estimate of drug-likeness (QED) is 0.496. The zero-order valence-electron chi connectivity index (χ0n) is 6.23. The van der Waals surface area contributed by atoms with E-state index in [1.807, 2.05) is 0 Å². The molecular weight excluding hydrogens is 212 g/mol. The minimum atomic E-state index is 0. The Hall–Kier alpha value is 0.500. The van der Waals surface area contributed by atoms with Crippen LogP contribution < -0.4 is 17.0 Å². The van der Waals surface area contributed by atoms with Crippen LogP contribution in [-0.4, -0.2) is 23.0 Å². The molecule has 10 heavy (non-hydrogen) atoms. The van der Waals surface area contributed by atoms with E-state index in [-0.39, 0.29) is 17.0 Å². The summed E-state index contributed by atoms with van der Waals surface area (Å²) in [5.41, 5.74) is 0. The van der Waals surface area contributed by atoms with Crippen molar-refractivity contribution in [2.75, 3.05) is 17.3 Å². The summed E-state index contributed by atoms with van der Waals surface area (Å²) in [5, 5.41) is 0. The van der Waals surface area contributed by atoms with Crippen LogP contribution in [0, 0.1) is 0 Å². The highest BCUT2D eigenvalue weighted by atomic mass is 79.9. The zero-order chi connectivity index (χ0) is 6.69. The number of carbonyl (C=O) groups is 1. The lowest BCUT2D eigenvalue weighted by Gasteiger charge is -1.93. The van der Waals surface area contributed by atoms with Crippen LogP contribution in [0.4, 0.5) is 0 Å². The lowest BCUT2D eigenvalue weighted by atomic mass is 10.4. The molecule has 1 saturated heterocycles. The summed E-state index contributed by atoms with van der Waals surface area (Å²) in [6, 6.07) is 0. The first-order valence-corrected chi connectivity index (χ1v) is 5.16. The standard InChI is InChI=1S/C7H13OS.BrH/c1-7(8)6-9-4-2-3-5-9;/h2-6H2,1H3;1H/q+1;/p-1. The van der Waals surface area contributed by atoms with Gasteiger partial charge in [-0.2, -0.15) is 0 Å². The summed E-state index contributed by atoms with van der Waals surface area (Å²) in [5.74, 6) is 3.87. The van der Waals surface area contributed by atoms with Crippen molar-refractivity contribution in [2.45, 2.75) is 19.8 Å². The van der Waals surface area contributed by atoms with E-state index in [2.05, 4.69) is 0 Å². The molecule has 1 nitrogen and oxygen atoms in total. The fourth-order valence-electron chi connectivity index (χ4n) is 1.15. The Kier molecular flexibility index (Phi) is 5.45. The Morgan fingerprint density at radius 3 is 2.30 bits per heavy atom. The van der Waals surface area contributed by atoms with E-state index in [0.717, 1.165) is 5.75 Å². The molecule has 1 rings (SSSR count). The molecule has 3 heteroatoms. The van der Waals surface area contributed by atoms with Crippen molar-refractivity contribution in [3.63, 3.8) is 0 Å². The minimum Gasteiger partial charge on any atom is -1.00 e. The van der Waals surface area contributed by atoms with Crippen LogP contribution in [0.3, 0.4) is 0 Å². The molecule has 1 aliphatic rings. The van der Waals surface area contributed by atoms with Gasteiger partial charge in [0.05, 0.1) is 0 Å². The molecule has 0 aromatic carbocycles. The van der Waals surface area contributed by atoms with Crippen molar-refractivity contribution in [1.29, 1.82) is 0 Å². The van der Waals surface area contributed by atoms with Gasteiger partial charge in [-0.3, -0.25) is 4.79 Å². The monoisotopic (exact) mass is 224 g/mol. The highest BCUT2D eigenvalue weighted by Gasteiger charge is 2.24. The summed E-state index contributed by atoms with van der Waals surface area (Å²) in [6.07, 6.45) is 2.72. The van der Waals surface area contributed by atoms with Gasteiger partial charge in [0.25, 0.3) is 0 Å². The van der Waals surface area contributed by atoms with E-state index < -0.39 is 0 Å². The van der Waals surface area contributed by atoms with Crippen molar-refractivity contribution in [2.24, 2.45) is 0 Å². The molecule has 0 N–H and O–H groups in total. The van der Waals surface area contributed by atoms with E-state index in [9.17, 15) is 4.79 Å². The van der Waals surface area contributed by atoms with Gasteiger partial charge in [-0.15, -0.1) is 0 Å². The Morgan fingerprint density at radius 2 is 1.90 bits per heavy atom.